The van der Waals surface area contributed by atoms with Crippen molar-refractivity contribution in [2.75, 3.05) is 32.6 Å². The van der Waals surface area contributed by atoms with E-state index in [0.29, 0.717) is 47.7 Å². The molecular weight excluding hydrogens is 602 g/mol. The third kappa shape index (κ3) is 6.95. The third-order valence-electron chi connectivity index (χ3n) is 7.92. The van der Waals surface area contributed by atoms with Crippen molar-refractivity contribution in [2.45, 2.75) is 25.8 Å². The number of sulfonamides is 1. The van der Waals surface area contributed by atoms with E-state index in [1.54, 1.807) is 29.8 Å². The number of allylic oxidation sites excluding steroid dienone is 7. The van der Waals surface area contributed by atoms with E-state index in [1.807, 2.05) is 60.7 Å². The largest absolute Gasteiger partial charge is 0.460 e. The van der Waals surface area contributed by atoms with E-state index < -0.39 is 26.9 Å². The number of halogens is 1. The van der Waals surface area contributed by atoms with Gasteiger partial charge in [0, 0.05) is 45.4 Å². The lowest BCUT2D eigenvalue weighted by atomic mass is 9.82. The Morgan fingerprint density at radius 1 is 1.05 bits per heavy atom. The predicted molar refractivity (Wildman–Crippen MR) is 171 cm³/mol. The molecule has 2 aliphatic carbocycles. The Labute approximate surface area is 260 Å². The Hall–Kier alpha value is -3.80. The van der Waals surface area contributed by atoms with Gasteiger partial charge in [-0.2, -0.15) is 0 Å². The number of amides is 1. The molecule has 0 bridgehead atoms. The number of nitrogens with one attached hydrogen (secondary N) is 1. The van der Waals surface area contributed by atoms with Crippen molar-refractivity contribution in [3.8, 4) is 0 Å². The molecule has 1 heterocycles. The molecule has 3 aliphatic rings. The Kier molecular flexibility index (Phi) is 9.67. The summed E-state index contributed by atoms with van der Waals surface area (Å²) in [7, 11) is -3.61. The second-order valence-electron chi connectivity index (χ2n) is 10.9. The minimum absolute atomic E-state index is 0.0448. The van der Waals surface area contributed by atoms with E-state index >= 15 is 0 Å². The Morgan fingerprint density at radius 3 is 2.32 bits per heavy atom. The average molecular weight is 638 g/mol. The summed E-state index contributed by atoms with van der Waals surface area (Å²) in [5.74, 6) is -0.155. The smallest absolute Gasteiger partial charge is 0.251 e. The first kappa shape index (κ1) is 31.6. The van der Waals surface area contributed by atoms with E-state index in [4.69, 9.17) is 4.74 Å². The summed E-state index contributed by atoms with van der Waals surface area (Å²) in [5, 5.41) is 2.72. The van der Waals surface area contributed by atoms with Gasteiger partial charge in [0.05, 0.1) is 34.4 Å². The number of nitrogens with zero attached hydrogens (tertiary/aromatic N) is 2. The molecule has 0 saturated carbocycles. The fraction of sp³-hybridized carbons (Fsp3) is 0.303. The van der Waals surface area contributed by atoms with Crippen LogP contribution in [0, 0.1) is 5.92 Å². The summed E-state index contributed by atoms with van der Waals surface area (Å²) in [5.41, 5.74) is 4.11. The molecule has 0 fully saturated rings. The zero-order valence-electron chi connectivity index (χ0n) is 25.0. The van der Waals surface area contributed by atoms with Crippen LogP contribution in [-0.2, 0) is 37.1 Å². The standard InChI is InChI=1S/C33H36FN3O5S2/c1-35-33(38)31-28-20-27(24-12-8-5-9-13-24)29(21-30(28)42-32(31)25-14-16-26(34)17-15-25)37(44(3,40)41)19-18-36(43(2)39)22-23-10-6-4-7-11-23/h4-14,16,21,28H,15,17-20,22H2,1-3H3,(H,35,38). The van der Waals surface area contributed by atoms with Gasteiger partial charge >= 0.3 is 0 Å². The number of benzene rings is 2. The zero-order chi connectivity index (χ0) is 31.4. The van der Waals surface area contributed by atoms with Crippen LogP contribution in [-0.4, -0.2) is 59.8 Å². The first-order valence-electron chi connectivity index (χ1n) is 14.4. The van der Waals surface area contributed by atoms with Gasteiger partial charge < -0.3 is 10.1 Å². The minimum Gasteiger partial charge on any atom is -0.460 e. The fourth-order valence-electron chi connectivity index (χ4n) is 5.72. The van der Waals surface area contributed by atoms with E-state index in [1.165, 1.54) is 10.4 Å². The first-order valence-corrected chi connectivity index (χ1v) is 17.7. The van der Waals surface area contributed by atoms with Crippen LogP contribution in [0.4, 0.5) is 4.39 Å². The maximum atomic E-state index is 13.8. The van der Waals surface area contributed by atoms with Crippen LogP contribution in [0.3, 0.4) is 0 Å². The molecule has 2 unspecified atom stereocenters. The van der Waals surface area contributed by atoms with E-state index in [-0.39, 0.29) is 31.2 Å². The molecule has 1 aliphatic heterocycles. The van der Waals surface area contributed by atoms with Crippen LogP contribution in [0.1, 0.15) is 30.4 Å². The van der Waals surface area contributed by atoms with E-state index in [2.05, 4.69) is 5.32 Å². The Balaban J connectivity index is 1.55. The van der Waals surface area contributed by atoms with E-state index in [9.17, 15) is 21.8 Å². The van der Waals surface area contributed by atoms with E-state index in [0.717, 1.165) is 23.0 Å². The SMILES string of the molecule is CNC(=O)C1=C(C2=CC=C(F)CC2)OC2=CC(N(CCN(Cc3ccccc3)S(C)=O)S(C)(=O)=O)=C(c3ccccc3)CC21. The molecule has 2 aromatic rings. The summed E-state index contributed by atoms with van der Waals surface area (Å²) in [6, 6.07) is 19.1. The highest BCUT2D eigenvalue weighted by Gasteiger charge is 2.42. The first-order chi connectivity index (χ1) is 21.1. The topological polar surface area (TPSA) is 96.0 Å². The molecule has 2 atom stereocenters. The maximum Gasteiger partial charge on any atom is 0.251 e. The molecule has 5 rings (SSSR count). The number of rotatable bonds is 11. The van der Waals surface area contributed by atoms with Gasteiger partial charge in [-0.05, 0) is 41.2 Å². The Bertz CT molecular complexity index is 1710. The van der Waals surface area contributed by atoms with Gasteiger partial charge in [0.1, 0.15) is 17.3 Å². The van der Waals surface area contributed by atoms with Gasteiger partial charge in [0.15, 0.2) is 0 Å². The molecule has 8 nitrogen and oxygen atoms in total. The van der Waals surface area contributed by atoms with Crippen molar-refractivity contribution in [1.29, 1.82) is 0 Å². The van der Waals surface area contributed by atoms with Crippen LogP contribution in [0.25, 0.3) is 5.57 Å². The van der Waals surface area contributed by atoms with Crippen molar-refractivity contribution < 1.29 is 26.5 Å². The zero-order valence-corrected chi connectivity index (χ0v) is 26.6. The van der Waals surface area contributed by atoms with Crippen molar-refractivity contribution >= 4 is 32.5 Å². The van der Waals surface area contributed by atoms with Crippen LogP contribution in [0.5, 0.6) is 0 Å². The number of ether oxygens (including phenoxy) is 1. The molecule has 0 radical (unpaired) electrons. The number of hydrogen-bond donors (Lipinski definition) is 1. The number of fused-ring (bicyclic) bond motifs is 1. The summed E-state index contributed by atoms with van der Waals surface area (Å²) in [4.78, 5) is 13.2. The highest BCUT2D eigenvalue weighted by atomic mass is 32.2. The average Bonchev–Trinajstić information content (AvgIpc) is 3.38. The number of carbonyl (C=O) groups excluding carboxylic acids is 1. The number of carbonyl (C=O) groups is 1. The molecule has 11 heteroatoms. The summed E-state index contributed by atoms with van der Waals surface area (Å²) >= 11 is 0. The summed E-state index contributed by atoms with van der Waals surface area (Å²) < 4.78 is 62.7. The van der Waals surface area contributed by atoms with Crippen molar-refractivity contribution in [3.63, 3.8) is 0 Å². The number of likely N-dealkylation sites (N-methyl/N-ethyl adjacent to an activating group) is 1. The van der Waals surface area contributed by atoms with Gasteiger partial charge in [-0.3, -0.25) is 9.10 Å². The van der Waals surface area contributed by atoms with Crippen LogP contribution < -0.4 is 5.32 Å². The van der Waals surface area contributed by atoms with Gasteiger partial charge in [0.2, 0.25) is 10.0 Å². The van der Waals surface area contributed by atoms with Crippen molar-refractivity contribution in [1.82, 2.24) is 13.9 Å². The lowest BCUT2D eigenvalue weighted by Gasteiger charge is -2.32. The van der Waals surface area contributed by atoms with Gasteiger partial charge in [0.25, 0.3) is 5.91 Å². The predicted octanol–water partition coefficient (Wildman–Crippen LogP) is 4.96. The van der Waals surface area contributed by atoms with Crippen LogP contribution in [0.15, 0.2) is 113 Å². The number of hydrogen-bond acceptors (Lipinski definition) is 5. The van der Waals surface area contributed by atoms with Crippen LogP contribution in [0.2, 0.25) is 0 Å². The molecule has 1 N–H and O–H groups in total. The molecule has 0 spiro atoms. The normalized spacial score (nSPS) is 19.1. The fourth-order valence-corrected chi connectivity index (χ4v) is 7.33. The second kappa shape index (κ2) is 13.5. The second-order valence-corrected chi connectivity index (χ2v) is 14.1. The molecule has 2 aromatic carbocycles. The highest BCUT2D eigenvalue weighted by molar-refractivity contribution is 7.88. The van der Waals surface area contributed by atoms with Crippen LogP contribution >= 0.6 is 0 Å². The summed E-state index contributed by atoms with van der Waals surface area (Å²) in [6.07, 6.45) is 8.36. The molecule has 0 aromatic heterocycles. The lowest BCUT2D eigenvalue weighted by molar-refractivity contribution is -0.117. The Morgan fingerprint density at radius 2 is 1.73 bits per heavy atom. The lowest BCUT2D eigenvalue weighted by Crippen LogP contribution is -2.39. The monoisotopic (exact) mass is 637 g/mol. The maximum absolute atomic E-state index is 13.8. The molecule has 44 heavy (non-hydrogen) atoms. The molecular formula is C33H36FN3O5S2. The highest BCUT2D eigenvalue weighted by Crippen LogP contribution is 2.48. The van der Waals surface area contributed by atoms with Crippen molar-refractivity contribution in [2.24, 2.45) is 5.92 Å². The molecule has 0 saturated heterocycles. The quantitative estimate of drug-likeness (QED) is 0.376. The molecule has 232 valence electrons. The third-order valence-corrected chi connectivity index (χ3v) is 10.1. The van der Waals surface area contributed by atoms with Gasteiger partial charge in [-0.25, -0.2) is 21.3 Å². The molecule has 1 amide bonds. The van der Waals surface area contributed by atoms with Crippen molar-refractivity contribution in [3.05, 3.63) is 124 Å². The van der Waals surface area contributed by atoms with Gasteiger partial charge in [-0.1, -0.05) is 66.7 Å². The minimum atomic E-state index is -3.81. The summed E-state index contributed by atoms with van der Waals surface area (Å²) in [6.45, 7) is 0.649. The van der Waals surface area contributed by atoms with Gasteiger partial charge in [-0.15, -0.1) is 0 Å².